The van der Waals surface area contributed by atoms with E-state index in [1.807, 2.05) is 0 Å². The Kier molecular flexibility index (Phi) is 17.7. The molecule has 0 spiro atoms. The van der Waals surface area contributed by atoms with Crippen molar-refractivity contribution in [3.8, 4) is 0 Å². The molecule has 17 heteroatoms. The van der Waals surface area contributed by atoms with Crippen molar-refractivity contribution in [3.63, 3.8) is 0 Å². The molecule has 10 N–H and O–H groups in total. The molecule has 0 saturated heterocycles. The lowest BCUT2D eigenvalue weighted by Gasteiger charge is -2.28. The quantitative estimate of drug-likeness (QED) is 0.0574. The van der Waals surface area contributed by atoms with Gasteiger partial charge in [0, 0.05) is 39.3 Å². The SMILES string of the molecule is O=C(O)CC(C(=O)O)N(CCNCCN(CC(=O)O)CC(=O)NCC(O)CO)CC(=O)NCC(O)CO. The van der Waals surface area contributed by atoms with Gasteiger partial charge in [-0.1, -0.05) is 0 Å². The second kappa shape index (κ2) is 19.2. The Morgan fingerprint density at radius 1 is 0.703 bits per heavy atom. The number of carbonyl (C=O) groups excluding carboxylic acids is 2. The maximum atomic E-state index is 12.1. The highest BCUT2D eigenvalue weighted by molar-refractivity contribution is 5.83. The monoisotopic (exact) mass is 539 g/mol. The fraction of sp³-hybridized carbons (Fsp3) is 0.750. The predicted molar refractivity (Wildman–Crippen MR) is 124 cm³/mol. The van der Waals surface area contributed by atoms with E-state index in [1.165, 1.54) is 4.90 Å². The van der Waals surface area contributed by atoms with E-state index in [4.69, 9.17) is 20.4 Å². The molecule has 0 aromatic heterocycles. The molecular weight excluding hydrogens is 502 g/mol. The maximum Gasteiger partial charge on any atom is 0.321 e. The molecule has 0 aromatic carbocycles. The van der Waals surface area contributed by atoms with E-state index in [2.05, 4.69) is 16.0 Å². The normalized spacial score (nSPS) is 13.7. The van der Waals surface area contributed by atoms with E-state index in [9.17, 15) is 39.3 Å². The third-order valence-electron chi connectivity index (χ3n) is 4.84. The van der Waals surface area contributed by atoms with Crippen molar-refractivity contribution in [2.45, 2.75) is 24.7 Å². The molecule has 0 rings (SSSR count). The molecule has 3 atom stereocenters. The molecule has 0 aliphatic heterocycles. The Morgan fingerprint density at radius 3 is 1.68 bits per heavy atom. The summed E-state index contributed by atoms with van der Waals surface area (Å²) in [5.74, 6) is -5.32. The second-order valence-electron chi connectivity index (χ2n) is 8.06. The fourth-order valence-corrected chi connectivity index (χ4v) is 2.96. The molecular formula is C20H37N5O12. The van der Waals surface area contributed by atoms with Gasteiger partial charge >= 0.3 is 17.9 Å². The number of carboxylic acids is 3. The van der Waals surface area contributed by atoms with Crippen LogP contribution in [-0.2, 0) is 24.0 Å². The molecule has 0 aliphatic carbocycles. The minimum atomic E-state index is -1.53. The first-order valence-corrected chi connectivity index (χ1v) is 11.3. The number of amides is 2. The van der Waals surface area contributed by atoms with E-state index < -0.39 is 80.7 Å². The van der Waals surface area contributed by atoms with E-state index in [-0.39, 0.29) is 45.8 Å². The summed E-state index contributed by atoms with van der Waals surface area (Å²) in [5.41, 5.74) is 0. The molecule has 0 bridgehead atoms. The Balaban J connectivity index is 4.93. The minimum Gasteiger partial charge on any atom is -0.481 e. The number of nitrogens with zero attached hydrogens (tertiary/aromatic N) is 2. The topological polar surface area (TPSA) is 270 Å². The molecule has 17 nitrogen and oxygen atoms in total. The molecule has 0 aliphatic rings. The summed E-state index contributed by atoms with van der Waals surface area (Å²) in [5, 5.41) is 71.3. The molecule has 0 radical (unpaired) electrons. The molecule has 37 heavy (non-hydrogen) atoms. The Hall–Kier alpha value is -2.93. The summed E-state index contributed by atoms with van der Waals surface area (Å²) in [6, 6.07) is -1.53. The van der Waals surface area contributed by atoms with E-state index in [0.717, 1.165) is 4.90 Å². The van der Waals surface area contributed by atoms with Gasteiger partial charge in [-0.25, -0.2) is 0 Å². The van der Waals surface area contributed by atoms with Gasteiger partial charge in [-0.2, -0.15) is 0 Å². The van der Waals surface area contributed by atoms with E-state index in [1.54, 1.807) is 0 Å². The summed E-state index contributed by atoms with van der Waals surface area (Å²) in [7, 11) is 0. The largest absolute Gasteiger partial charge is 0.481 e. The minimum absolute atomic E-state index is 0.0751. The fourth-order valence-electron chi connectivity index (χ4n) is 2.96. The van der Waals surface area contributed by atoms with Crippen LogP contribution >= 0.6 is 0 Å². The van der Waals surface area contributed by atoms with Crippen molar-refractivity contribution in [3.05, 3.63) is 0 Å². The number of aliphatic hydroxyl groups is 4. The van der Waals surface area contributed by atoms with Gasteiger partial charge in [-0.3, -0.25) is 33.8 Å². The van der Waals surface area contributed by atoms with Crippen molar-refractivity contribution in [1.82, 2.24) is 25.8 Å². The van der Waals surface area contributed by atoms with Crippen LogP contribution in [0.4, 0.5) is 0 Å². The number of carboxylic acid groups (broad SMARTS) is 3. The third-order valence-corrected chi connectivity index (χ3v) is 4.84. The zero-order chi connectivity index (χ0) is 28.4. The van der Waals surface area contributed by atoms with Gasteiger partial charge in [0.2, 0.25) is 11.8 Å². The van der Waals surface area contributed by atoms with Crippen molar-refractivity contribution >= 4 is 29.7 Å². The Bertz CT molecular complexity index is 741. The highest BCUT2D eigenvalue weighted by Gasteiger charge is 2.29. The summed E-state index contributed by atoms with van der Waals surface area (Å²) in [4.78, 5) is 60.3. The van der Waals surface area contributed by atoms with Crippen LogP contribution in [0, 0.1) is 0 Å². The van der Waals surface area contributed by atoms with E-state index >= 15 is 0 Å². The van der Waals surface area contributed by atoms with Gasteiger partial charge < -0.3 is 51.7 Å². The molecule has 3 unspecified atom stereocenters. The number of rotatable bonds is 22. The maximum absolute atomic E-state index is 12.1. The van der Waals surface area contributed by atoms with Crippen LogP contribution in [0.3, 0.4) is 0 Å². The van der Waals surface area contributed by atoms with Gasteiger partial charge in [0.15, 0.2) is 0 Å². The molecule has 0 aromatic rings. The number of hydrogen-bond acceptors (Lipinski definition) is 12. The van der Waals surface area contributed by atoms with E-state index in [0.29, 0.717) is 0 Å². The lowest BCUT2D eigenvalue weighted by atomic mass is 10.1. The zero-order valence-corrected chi connectivity index (χ0v) is 20.3. The van der Waals surface area contributed by atoms with Gasteiger partial charge in [-0.15, -0.1) is 0 Å². The zero-order valence-electron chi connectivity index (χ0n) is 20.3. The van der Waals surface area contributed by atoms with Crippen molar-refractivity contribution in [2.75, 3.05) is 72.1 Å². The molecule has 0 fully saturated rings. The summed E-state index contributed by atoms with van der Waals surface area (Å²) >= 11 is 0. The first-order valence-electron chi connectivity index (χ1n) is 11.3. The molecule has 0 heterocycles. The Morgan fingerprint density at radius 2 is 1.22 bits per heavy atom. The Labute approximate surface area is 212 Å². The average Bonchev–Trinajstić information content (AvgIpc) is 2.82. The van der Waals surface area contributed by atoms with Crippen molar-refractivity contribution in [1.29, 1.82) is 0 Å². The predicted octanol–water partition coefficient (Wildman–Crippen LogP) is -5.87. The van der Waals surface area contributed by atoms with Gasteiger partial charge in [-0.05, 0) is 0 Å². The van der Waals surface area contributed by atoms with Gasteiger partial charge in [0.25, 0.3) is 0 Å². The molecule has 0 saturated carbocycles. The smallest absolute Gasteiger partial charge is 0.321 e. The number of hydrogen-bond donors (Lipinski definition) is 10. The first-order chi connectivity index (χ1) is 17.4. The summed E-state index contributed by atoms with van der Waals surface area (Å²) in [6.07, 6.45) is -3.16. The van der Waals surface area contributed by atoms with Crippen LogP contribution in [-0.4, -0.2) is 166 Å². The van der Waals surface area contributed by atoms with Gasteiger partial charge in [0.1, 0.15) is 6.04 Å². The summed E-state index contributed by atoms with van der Waals surface area (Å²) < 4.78 is 0. The number of nitrogens with one attached hydrogen (secondary N) is 3. The molecule has 214 valence electrons. The highest BCUT2D eigenvalue weighted by Crippen LogP contribution is 2.05. The average molecular weight is 540 g/mol. The van der Waals surface area contributed by atoms with Gasteiger partial charge in [0.05, 0.1) is 51.5 Å². The number of aliphatic carboxylic acids is 3. The molecule has 2 amide bonds. The van der Waals surface area contributed by atoms with Crippen LogP contribution in [0.1, 0.15) is 6.42 Å². The van der Waals surface area contributed by atoms with Crippen LogP contribution in [0.5, 0.6) is 0 Å². The standard InChI is InChI=1S/C20H37N5O12/c26-11-13(28)6-22-16(30)8-24(10-19(34)35)3-1-21-2-4-25(15(20(36)37)5-18(32)33)9-17(31)23-7-14(29)12-27/h13-15,21,26-29H,1-12H2,(H,22,30)(H,23,31)(H,32,33)(H,34,35)(H,36,37). The number of carbonyl (C=O) groups is 5. The van der Waals surface area contributed by atoms with Crippen molar-refractivity contribution in [2.24, 2.45) is 0 Å². The number of aliphatic hydroxyl groups excluding tert-OH is 4. The highest BCUT2D eigenvalue weighted by atomic mass is 16.4. The lowest BCUT2D eigenvalue weighted by molar-refractivity contribution is -0.150. The van der Waals surface area contributed by atoms with Crippen LogP contribution < -0.4 is 16.0 Å². The van der Waals surface area contributed by atoms with Crippen LogP contribution in [0.15, 0.2) is 0 Å². The lowest BCUT2D eigenvalue weighted by Crippen LogP contribution is -2.51. The van der Waals surface area contributed by atoms with Crippen LogP contribution in [0.2, 0.25) is 0 Å². The second-order valence-corrected chi connectivity index (χ2v) is 8.06. The third kappa shape index (κ3) is 17.2. The van der Waals surface area contributed by atoms with Crippen molar-refractivity contribution < 1.29 is 59.7 Å². The van der Waals surface area contributed by atoms with Crippen LogP contribution in [0.25, 0.3) is 0 Å². The first kappa shape index (κ1) is 34.1. The summed E-state index contributed by atoms with van der Waals surface area (Å²) in [6.45, 7) is -2.71.